The van der Waals surface area contributed by atoms with Crippen molar-refractivity contribution in [1.82, 2.24) is 15.0 Å². The molecule has 0 spiro atoms. The Kier molecular flexibility index (Phi) is 4.15. The fraction of sp³-hybridized carbons (Fsp3) is 0.429. The van der Waals surface area contributed by atoms with E-state index in [0.717, 1.165) is 23.0 Å². The lowest BCUT2D eigenvalue weighted by Gasteiger charge is -2.41. The van der Waals surface area contributed by atoms with Crippen LogP contribution in [0.3, 0.4) is 0 Å². The van der Waals surface area contributed by atoms with Crippen LogP contribution in [-0.4, -0.2) is 59.6 Å². The molecule has 29 heavy (non-hydrogen) atoms. The van der Waals surface area contributed by atoms with Crippen molar-refractivity contribution in [2.24, 2.45) is 0 Å². The molecule has 4 heterocycles. The molecule has 2 aliphatic heterocycles. The van der Waals surface area contributed by atoms with Crippen LogP contribution in [0, 0.1) is 0 Å². The summed E-state index contributed by atoms with van der Waals surface area (Å²) in [6.45, 7) is 5.86. The molecule has 0 bridgehead atoms. The Labute approximate surface area is 168 Å². The fourth-order valence-corrected chi connectivity index (χ4v) is 4.00. The van der Waals surface area contributed by atoms with Crippen molar-refractivity contribution in [3.05, 3.63) is 30.1 Å². The lowest BCUT2D eigenvalue weighted by atomic mass is 10.0. The maximum Gasteiger partial charge on any atom is 0.186 e. The minimum Gasteiger partial charge on any atom is -0.497 e. The van der Waals surface area contributed by atoms with Gasteiger partial charge in [0, 0.05) is 35.3 Å². The van der Waals surface area contributed by atoms with Gasteiger partial charge in [-0.2, -0.15) is 0 Å². The smallest absolute Gasteiger partial charge is 0.186 e. The normalized spacial score (nSPS) is 18.9. The summed E-state index contributed by atoms with van der Waals surface area (Å²) in [5.74, 6) is 2.49. The summed E-state index contributed by atoms with van der Waals surface area (Å²) in [5, 5.41) is 11.8. The van der Waals surface area contributed by atoms with Crippen LogP contribution in [-0.2, 0) is 10.3 Å². The lowest BCUT2D eigenvalue weighted by Crippen LogP contribution is -2.52. The molecular formula is C21H24N4O4. The molecule has 1 aromatic carbocycles. The van der Waals surface area contributed by atoms with Crippen molar-refractivity contribution >= 4 is 16.7 Å². The second-order valence-corrected chi connectivity index (χ2v) is 7.95. The molecule has 2 N–H and O–H groups in total. The average molecular weight is 396 g/mol. The minimum absolute atomic E-state index is 0.103. The lowest BCUT2D eigenvalue weighted by molar-refractivity contribution is 0.0563. The number of aromatic nitrogens is 3. The number of aliphatic hydroxyl groups is 1. The van der Waals surface area contributed by atoms with Gasteiger partial charge >= 0.3 is 0 Å². The molecule has 1 fully saturated rings. The minimum atomic E-state index is -1.18. The SMILES string of the molecule is COc1cc(-c2nc3c(c(C(C)(C)O)n2)OC[C@@H]2COCCN32)c2cc[nH]c2c1. The van der Waals surface area contributed by atoms with Crippen molar-refractivity contribution in [3.63, 3.8) is 0 Å². The fourth-order valence-electron chi connectivity index (χ4n) is 4.00. The van der Waals surface area contributed by atoms with E-state index in [2.05, 4.69) is 9.88 Å². The predicted molar refractivity (Wildman–Crippen MR) is 109 cm³/mol. The van der Waals surface area contributed by atoms with Gasteiger partial charge in [0.05, 0.1) is 26.4 Å². The summed E-state index contributed by atoms with van der Waals surface area (Å²) in [4.78, 5) is 15.1. The van der Waals surface area contributed by atoms with Crippen molar-refractivity contribution in [2.45, 2.75) is 25.5 Å². The Bertz CT molecular complexity index is 1070. The third-order valence-corrected chi connectivity index (χ3v) is 5.47. The second kappa shape index (κ2) is 6.60. The van der Waals surface area contributed by atoms with E-state index in [0.29, 0.717) is 48.7 Å². The molecule has 8 nitrogen and oxygen atoms in total. The van der Waals surface area contributed by atoms with Crippen LogP contribution in [0.2, 0.25) is 0 Å². The van der Waals surface area contributed by atoms with E-state index in [-0.39, 0.29) is 6.04 Å². The molecule has 5 rings (SSSR count). The van der Waals surface area contributed by atoms with Gasteiger partial charge in [0.1, 0.15) is 23.7 Å². The molecular weight excluding hydrogens is 372 g/mol. The summed E-state index contributed by atoms with van der Waals surface area (Å²) in [6.07, 6.45) is 1.88. The van der Waals surface area contributed by atoms with Gasteiger partial charge in [-0.1, -0.05) is 0 Å². The van der Waals surface area contributed by atoms with Gasteiger partial charge in [0.25, 0.3) is 0 Å². The van der Waals surface area contributed by atoms with Gasteiger partial charge < -0.3 is 29.2 Å². The summed E-state index contributed by atoms with van der Waals surface area (Å²) in [5.41, 5.74) is 1.07. The van der Waals surface area contributed by atoms with E-state index in [4.69, 9.17) is 24.2 Å². The van der Waals surface area contributed by atoms with Crippen LogP contribution in [0.15, 0.2) is 24.4 Å². The molecule has 152 valence electrons. The predicted octanol–water partition coefficient (Wildman–Crippen LogP) is 2.46. The Morgan fingerprint density at radius 1 is 1.28 bits per heavy atom. The van der Waals surface area contributed by atoms with E-state index in [9.17, 15) is 5.11 Å². The number of aromatic amines is 1. The average Bonchev–Trinajstić information content (AvgIpc) is 3.20. The molecule has 0 aliphatic carbocycles. The topological polar surface area (TPSA) is 92.7 Å². The number of ether oxygens (including phenoxy) is 3. The Morgan fingerprint density at radius 3 is 2.93 bits per heavy atom. The van der Waals surface area contributed by atoms with Crippen LogP contribution < -0.4 is 14.4 Å². The van der Waals surface area contributed by atoms with Gasteiger partial charge in [-0.3, -0.25) is 0 Å². The third kappa shape index (κ3) is 2.99. The summed E-state index contributed by atoms with van der Waals surface area (Å²) < 4.78 is 17.1. The van der Waals surface area contributed by atoms with Gasteiger partial charge in [0.2, 0.25) is 0 Å². The van der Waals surface area contributed by atoms with E-state index >= 15 is 0 Å². The molecule has 1 saturated heterocycles. The number of nitrogens with one attached hydrogen (secondary N) is 1. The highest BCUT2D eigenvalue weighted by Crippen LogP contribution is 2.42. The zero-order valence-electron chi connectivity index (χ0n) is 16.7. The van der Waals surface area contributed by atoms with E-state index in [1.165, 1.54) is 0 Å². The number of fused-ring (bicyclic) bond motifs is 4. The van der Waals surface area contributed by atoms with Crippen molar-refractivity contribution in [2.75, 3.05) is 38.4 Å². The van der Waals surface area contributed by atoms with Crippen LogP contribution in [0.25, 0.3) is 22.3 Å². The van der Waals surface area contributed by atoms with Gasteiger partial charge in [-0.05, 0) is 26.0 Å². The van der Waals surface area contributed by atoms with Crippen molar-refractivity contribution in [1.29, 1.82) is 0 Å². The first kappa shape index (κ1) is 18.2. The Morgan fingerprint density at radius 2 is 2.14 bits per heavy atom. The largest absolute Gasteiger partial charge is 0.497 e. The van der Waals surface area contributed by atoms with Crippen LogP contribution >= 0.6 is 0 Å². The highest BCUT2D eigenvalue weighted by Gasteiger charge is 2.37. The summed E-state index contributed by atoms with van der Waals surface area (Å²) in [7, 11) is 1.63. The second-order valence-electron chi connectivity index (χ2n) is 7.95. The van der Waals surface area contributed by atoms with Gasteiger partial charge in [-0.25, -0.2) is 9.97 Å². The third-order valence-electron chi connectivity index (χ3n) is 5.47. The van der Waals surface area contributed by atoms with E-state index in [1.807, 2.05) is 24.4 Å². The standard InChI is InChI=1S/C21H24N4O4/c1-21(2,26)18-17-20(25-6-7-28-10-12(25)11-29-17)24-19(23-18)15-8-13(27-3)9-16-14(15)4-5-22-16/h4-5,8-9,12,22,26H,6-7,10-11H2,1-3H3/t12-/m0/s1. The summed E-state index contributed by atoms with van der Waals surface area (Å²) >= 11 is 0. The Balaban J connectivity index is 1.76. The zero-order valence-corrected chi connectivity index (χ0v) is 16.7. The zero-order chi connectivity index (χ0) is 20.2. The Hall–Kier alpha value is -2.84. The summed E-state index contributed by atoms with van der Waals surface area (Å²) in [6, 6.07) is 5.96. The monoisotopic (exact) mass is 396 g/mol. The maximum absolute atomic E-state index is 10.8. The van der Waals surface area contributed by atoms with E-state index < -0.39 is 5.60 Å². The first-order valence-corrected chi connectivity index (χ1v) is 9.73. The first-order chi connectivity index (χ1) is 14.0. The molecule has 0 radical (unpaired) electrons. The first-order valence-electron chi connectivity index (χ1n) is 9.73. The van der Waals surface area contributed by atoms with Crippen LogP contribution in [0.4, 0.5) is 5.82 Å². The number of nitrogens with zero attached hydrogens (tertiary/aromatic N) is 3. The number of anilines is 1. The van der Waals surface area contributed by atoms with Crippen molar-refractivity contribution < 1.29 is 19.3 Å². The van der Waals surface area contributed by atoms with Crippen LogP contribution in [0.5, 0.6) is 11.5 Å². The number of hydrogen-bond acceptors (Lipinski definition) is 7. The molecule has 0 amide bonds. The number of H-pyrrole nitrogens is 1. The van der Waals surface area contributed by atoms with Crippen LogP contribution in [0.1, 0.15) is 19.5 Å². The molecule has 8 heteroatoms. The number of methoxy groups -OCH3 is 1. The number of morpholine rings is 1. The molecule has 1 atom stereocenters. The quantitative estimate of drug-likeness (QED) is 0.702. The van der Waals surface area contributed by atoms with Gasteiger partial charge in [0.15, 0.2) is 17.4 Å². The van der Waals surface area contributed by atoms with E-state index in [1.54, 1.807) is 21.0 Å². The number of benzene rings is 1. The highest BCUT2D eigenvalue weighted by atomic mass is 16.5. The highest BCUT2D eigenvalue weighted by molar-refractivity contribution is 5.95. The molecule has 0 unspecified atom stereocenters. The number of rotatable bonds is 3. The van der Waals surface area contributed by atoms with Crippen molar-refractivity contribution in [3.8, 4) is 22.9 Å². The number of hydrogen-bond donors (Lipinski definition) is 2. The maximum atomic E-state index is 10.8. The molecule has 3 aromatic rings. The molecule has 0 saturated carbocycles. The van der Waals surface area contributed by atoms with Gasteiger partial charge in [-0.15, -0.1) is 0 Å². The molecule has 2 aromatic heterocycles. The molecule has 2 aliphatic rings.